The Morgan fingerprint density at radius 1 is 1.09 bits per heavy atom. The molecule has 1 saturated heterocycles. The van der Waals surface area contributed by atoms with E-state index >= 15 is 0 Å². The van der Waals surface area contributed by atoms with Crippen LogP contribution in [0, 0.1) is 6.92 Å². The van der Waals surface area contributed by atoms with Gasteiger partial charge in [-0.05, 0) is 88.4 Å². The molecular formula is C27H34ClN5O. The van der Waals surface area contributed by atoms with E-state index in [4.69, 9.17) is 16.3 Å². The Balaban J connectivity index is 1.59. The molecule has 7 heteroatoms. The molecule has 3 N–H and O–H groups in total. The highest BCUT2D eigenvalue weighted by Crippen LogP contribution is 2.37. The second-order valence-electron chi connectivity index (χ2n) is 9.19. The van der Waals surface area contributed by atoms with Gasteiger partial charge in [0.1, 0.15) is 10.8 Å². The molecule has 1 aliphatic heterocycles. The smallest absolute Gasteiger partial charge is 0.229 e. The molecule has 180 valence electrons. The highest BCUT2D eigenvalue weighted by Gasteiger charge is 2.20. The van der Waals surface area contributed by atoms with Gasteiger partial charge in [0.15, 0.2) is 5.82 Å². The van der Waals surface area contributed by atoms with Crippen molar-refractivity contribution in [3.63, 3.8) is 0 Å². The Morgan fingerprint density at radius 2 is 1.82 bits per heavy atom. The van der Waals surface area contributed by atoms with E-state index in [-0.39, 0.29) is 12.1 Å². The molecule has 6 nitrogen and oxygen atoms in total. The highest BCUT2D eigenvalue weighted by atomic mass is 35.5. The summed E-state index contributed by atoms with van der Waals surface area (Å²) in [5.41, 5.74) is 4.62. The van der Waals surface area contributed by atoms with Gasteiger partial charge >= 0.3 is 0 Å². The lowest BCUT2D eigenvalue weighted by molar-refractivity contribution is 0.243. The van der Waals surface area contributed by atoms with Gasteiger partial charge < -0.3 is 20.7 Å². The van der Waals surface area contributed by atoms with Gasteiger partial charge in [0.25, 0.3) is 0 Å². The van der Waals surface area contributed by atoms with Crippen LogP contribution in [0.5, 0.6) is 5.75 Å². The summed E-state index contributed by atoms with van der Waals surface area (Å²) in [6.07, 6.45) is 3.96. The van der Waals surface area contributed by atoms with Crippen LogP contribution in [0.15, 0.2) is 48.7 Å². The Bertz CT molecular complexity index is 1100. The summed E-state index contributed by atoms with van der Waals surface area (Å²) in [5, 5.41) is 10.7. The van der Waals surface area contributed by atoms with Gasteiger partial charge in [-0.2, -0.15) is 4.98 Å². The fourth-order valence-electron chi connectivity index (χ4n) is 4.40. The van der Waals surface area contributed by atoms with E-state index in [0.717, 1.165) is 42.9 Å². The second-order valence-corrected chi connectivity index (χ2v) is 9.59. The minimum absolute atomic E-state index is 0.0489. The molecule has 3 aromatic rings. The number of aromatic nitrogens is 2. The Kier molecular flexibility index (Phi) is 7.91. The largest absolute Gasteiger partial charge is 0.489 e. The van der Waals surface area contributed by atoms with Crippen molar-refractivity contribution in [3.05, 3.63) is 70.4 Å². The molecule has 1 fully saturated rings. The van der Waals surface area contributed by atoms with Crippen LogP contribution in [-0.2, 0) is 0 Å². The number of ether oxygens (including phenoxy) is 1. The first kappa shape index (κ1) is 24.3. The summed E-state index contributed by atoms with van der Waals surface area (Å²) in [4.78, 5) is 9.08. The quantitative estimate of drug-likeness (QED) is 0.337. The van der Waals surface area contributed by atoms with Gasteiger partial charge in [-0.15, -0.1) is 0 Å². The molecule has 2 heterocycles. The maximum atomic E-state index is 6.42. The van der Waals surface area contributed by atoms with Crippen LogP contribution >= 0.6 is 11.6 Å². The first-order valence-electron chi connectivity index (χ1n) is 12.0. The van der Waals surface area contributed by atoms with E-state index in [1.807, 2.05) is 32.0 Å². The normalized spacial score (nSPS) is 15.2. The van der Waals surface area contributed by atoms with Gasteiger partial charge in [0, 0.05) is 6.04 Å². The number of piperidine rings is 1. The number of nitrogens with one attached hydrogen (secondary N) is 3. The zero-order chi connectivity index (χ0) is 24.1. The molecule has 0 bridgehead atoms. The van der Waals surface area contributed by atoms with Crippen LogP contribution in [-0.4, -0.2) is 29.2 Å². The number of benzene rings is 2. The number of aryl methyl sites for hydroxylation is 1. The third-order valence-corrected chi connectivity index (χ3v) is 6.43. The molecule has 0 unspecified atom stereocenters. The zero-order valence-electron chi connectivity index (χ0n) is 20.4. The summed E-state index contributed by atoms with van der Waals surface area (Å²) in [5.74, 6) is 2.42. The standard InChI is InChI=1S/C27H34ClN5O/c1-17(2)34-25-15-22(21-10-12-29-13-11-21)18(3)14-24(25)32-27-30-16-23(28)26(33-27)31-19(4)20-8-6-5-7-9-20/h5-9,14-17,19,21,29H,10-13H2,1-4H3,(H2,30,31,32,33)/t19-/m1/s1. The minimum atomic E-state index is 0.0489. The van der Waals surface area contributed by atoms with E-state index in [1.54, 1.807) is 6.20 Å². The highest BCUT2D eigenvalue weighted by molar-refractivity contribution is 6.32. The van der Waals surface area contributed by atoms with Crippen molar-refractivity contribution in [1.82, 2.24) is 15.3 Å². The van der Waals surface area contributed by atoms with Crippen molar-refractivity contribution in [3.8, 4) is 5.75 Å². The van der Waals surface area contributed by atoms with Crippen LogP contribution in [0.4, 0.5) is 17.5 Å². The lowest BCUT2D eigenvalue weighted by atomic mass is 9.87. The molecule has 1 aromatic heterocycles. The lowest BCUT2D eigenvalue weighted by Gasteiger charge is -2.26. The average Bonchev–Trinajstić information content (AvgIpc) is 2.83. The summed E-state index contributed by atoms with van der Waals surface area (Å²) in [7, 11) is 0. The summed E-state index contributed by atoms with van der Waals surface area (Å²) in [6, 6.07) is 14.6. The van der Waals surface area contributed by atoms with Crippen molar-refractivity contribution in [2.45, 2.75) is 58.6 Å². The van der Waals surface area contributed by atoms with E-state index in [1.165, 1.54) is 11.1 Å². The first-order chi connectivity index (χ1) is 16.4. The SMILES string of the molecule is Cc1cc(Nc2ncc(Cl)c(N[C@H](C)c3ccccc3)n2)c(OC(C)C)cc1C1CCNCC1. The number of anilines is 3. The first-order valence-corrected chi connectivity index (χ1v) is 12.4. The van der Waals surface area contributed by atoms with Crippen molar-refractivity contribution >= 4 is 29.1 Å². The fraction of sp³-hybridized carbons (Fsp3) is 0.407. The van der Waals surface area contributed by atoms with E-state index in [2.05, 4.69) is 64.0 Å². The predicted molar refractivity (Wildman–Crippen MR) is 141 cm³/mol. The number of rotatable bonds is 8. The molecule has 1 aliphatic rings. The van der Waals surface area contributed by atoms with E-state index in [9.17, 15) is 0 Å². The maximum Gasteiger partial charge on any atom is 0.229 e. The lowest BCUT2D eigenvalue weighted by Crippen LogP contribution is -2.27. The van der Waals surface area contributed by atoms with Gasteiger partial charge in [-0.1, -0.05) is 41.9 Å². The van der Waals surface area contributed by atoms with Crippen LogP contribution in [0.2, 0.25) is 5.02 Å². The van der Waals surface area contributed by atoms with Crippen LogP contribution in [0.3, 0.4) is 0 Å². The number of halogens is 1. The van der Waals surface area contributed by atoms with Gasteiger partial charge in [0.2, 0.25) is 5.95 Å². The van der Waals surface area contributed by atoms with Gasteiger partial charge in [-0.25, -0.2) is 4.98 Å². The Labute approximate surface area is 207 Å². The maximum absolute atomic E-state index is 6.42. The summed E-state index contributed by atoms with van der Waals surface area (Å²) >= 11 is 6.42. The van der Waals surface area contributed by atoms with Crippen molar-refractivity contribution < 1.29 is 4.74 Å². The monoisotopic (exact) mass is 479 g/mol. The van der Waals surface area contributed by atoms with Crippen LogP contribution < -0.4 is 20.7 Å². The summed E-state index contributed by atoms with van der Waals surface area (Å²) in [6.45, 7) is 10.4. The van der Waals surface area contributed by atoms with Crippen LogP contribution in [0.25, 0.3) is 0 Å². The topological polar surface area (TPSA) is 71.1 Å². The van der Waals surface area contributed by atoms with Crippen LogP contribution in [0.1, 0.15) is 62.3 Å². The van der Waals surface area contributed by atoms with Gasteiger partial charge in [0.05, 0.1) is 18.0 Å². The van der Waals surface area contributed by atoms with Gasteiger partial charge in [-0.3, -0.25) is 0 Å². The van der Waals surface area contributed by atoms with Crippen molar-refractivity contribution in [1.29, 1.82) is 0 Å². The van der Waals surface area contributed by atoms with Crippen molar-refractivity contribution in [2.24, 2.45) is 0 Å². The number of nitrogens with zero attached hydrogens (tertiary/aromatic N) is 2. The zero-order valence-corrected chi connectivity index (χ0v) is 21.1. The summed E-state index contributed by atoms with van der Waals surface area (Å²) < 4.78 is 6.21. The molecule has 0 radical (unpaired) electrons. The average molecular weight is 480 g/mol. The molecule has 0 saturated carbocycles. The predicted octanol–water partition coefficient (Wildman–Crippen LogP) is 6.61. The number of hydrogen-bond acceptors (Lipinski definition) is 6. The minimum Gasteiger partial charge on any atom is -0.489 e. The Hall–Kier alpha value is -2.83. The molecule has 4 rings (SSSR count). The molecule has 1 atom stereocenters. The third kappa shape index (κ3) is 5.99. The fourth-order valence-corrected chi connectivity index (χ4v) is 4.55. The number of hydrogen-bond donors (Lipinski definition) is 3. The van der Waals surface area contributed by atoms with E-state index < -0.39 is 0 Å². The molecule has 0 aliphatic carbocycles. The second kappa shape index (κ2) is 11.1. The molecule has 34 heavy (non-hydrogen) atoms. The molecule has 0 spiro atoms. The molecule has 2 aromatic carbocycles. The molecule has 0 amide bonds. The molecular weight excluding hydrogens is 446 g/mol. The Morgan fingerprint density at radius 3 is 2.53 bits per heavy atom. The van der Waals surface area contributed by atoms with E-state index in [0.29, 0.717) is 22.7 Å². The third-order valence-electron chi connectivity index (χ3n) is 6.15. The van der Waals surface area contributed by atoms with Crippen molar-refractivity contribution in [2.75, 3.05) is 23.7 Å².